The third-order valence-corrected chi connectivity index (χ3v) is 6.36. The summed E-state index contributed by atoms with van der Waals surface area (Å²) in [6.45, 7) is 11.2. The zero-order valence-electron chi connectivity index (χ0n) is 18.7. The Morgan fingerprint density at radius 1 is 0.967 bits per heavy atom. The second-order valence-corrected chi connectivity index (χ2v) is 8.63. The fourth-order valence-corrected chi connectivity index (χ4v) is 4.67. The molecule has 1 aliphatic heterocycles. The van der Waals surface area contributed by atoms with Gasteiger partial charge in [-0.15, -0.1) is 0 Å². The summed E-state index contributed by atoms with van der Waals surface area (Å²) in [5.74, 6) is 0. The molecule has 30 heavy (non-hydrogen) atoms. The van der Waals surface area contributed by atoms with Crippen LogP contribution in [0.5, 0.6) is 0 Å². The van der Waals surface area contributed by atoms with Crippen molar-refractivity contribution in [3.63, 3.8) is 0 Å². The number of para-hydroxylation sites is 2. The van der Waals surface area contributed by atoms with Gasteiger partial charge in [0.1, 0.15) is 6.54 Å². The lowest BCUT2D eigenvalue weighted by Crippen LogP contribution is -2.32. The normalized spacial score (nSPS) is 16.7. The molecule has 0 amide bonds. The first-order chi connectivity index (χ1) is 14.6. The molecule has 0 unspecified atom stereocenters. The van der Waals surface area contributed by atoms with E-state index in [9.17, 15) is 0 Å². The van der Waals surface area contributed by atoms with Gasteiger partial charge in [-0.25, -0.2) is 0 Å². The molecule has 2 nitrogen and oxygen atoms in total. The Balaban J connectivity index is 1.72. The summed E-state index contributed by atoms with van der Waals surface area (Å²) in [6.07, 6.45) is 11.4. The molecular formula is C28H33N2+. The number of unbranched alkanes of at least 4 members (excludes halogenated alkanes) is 1. The molecule has 0 saturated heterocycles. The van der Waals surface area contributed by atoms with Crippen LogP contribution in [0.4, 0.5) is 5.69 Å². The number of allylic oxidation sites excluding steroid dienone is 3. The highest BCUT2D eigenvalue weighted by molar-refractivity contribution is 5.85. The van der Waals surface area contributed by atoms with Crippen molar-refractivity contribution in [1.82, 2.24) is 0 Å². The first kappa shape index (κ1) is 20.4. The van der Waals surface area contributed by atoms with Crippen LogP contribution in [0.15, 0.2) is 78.6 Å². The Morgan fingerprint density at radius 2 is 1.73 bits per heavy atom. The van der Waals surface area contributed by atoms with Crippen molar-refractivity contribution in [2.75, 3.05) is 11.4 Å². The van der Waals surface area contributed by atoms with Crippen molar-refractivity contribution in [2.24, 2.45) is 0 Å². The molecule has 0 radical (unpaired) electrons. The van der Waals surface area contributed by atoms with Gasteiger partial charge >= 0.3 is 0 Å². The number of aryl methyl sites for hydroxylation is 1. The minimum absolute atomic E-state index is 0.0126. The van der Waals surface area contributed by atoms with Crippen molar-refractivity contribution in [3.8, 4) is 0 Å². The van der Waals surface area contributed by atoms with Gasteiger partial charge in [-0.3, -0.25) is 0 Å². The summed E-state index contributed by atoms with van der Waals surface area (Å²) in [5, 5.41) is 1.30. The van der Waals surface area contributed by atoms with E-state index < -0.39 is 0 Å². The van der Waals surface area contributed by atoms with Gasteiger partial charge in [-0.1, -0.05) is 69.7 Å². The van der Waals surface area contributed by atoms with E-state index in [0.717, 1.165) is 13.1 Å². The van der Waals surface area contributed by atoms with Crippen molar-refractivity contribution in [2.45, 2.75) is 52.5 Å². The maximum Gasteiger partial charge on any atom is 0.213 e. The minimum Gasteiger partial charge on any atom is -0.344 e. The lowest BCUT2D eigenvalue weighted by atomic mass is 9.83. The van der Waals surface area contributed by atoms with E-state index in [2.05, 4.69) is 116 Å². The van der Waals surface area contributed by atoms with Crippen molar-refractivity contribution < 1.29 is 4.57 Å². The van der Waals surface area contributed by atoms with Crippen molar-refractivity contribution in [3.05, 3.63) is 89.8 Å². The Morgan fingerprint density at radius 3 is 2.53 bits per heavy atom. The molecule has 2 heteroatoms. The smallest absolute Gasteiger partial charge is 0.213 e. The van der Waals surface area contributed by atoms with Crippen LogP contribution in [-0.4, -0.2) is 6.54 Å². The largest absolute Gasteiger partial charge is 0.344 e. The molecule has 4 rings (SSSR count). The van der Waals surface area contributed by atoms with E-state index in [1.54, 1.807) is 0 Å². The van der Waals surface area contributed by atoms with Crippen LogP contribution in [0.25, 0.3) is 17.0 Å². The number of anilines is 1. The van der Waals surface area contributed by atoms with Gasteiger partial charge in [0, 0.05) is 35.5 Å². The van der Waals surface area contributed by atoms with E-state index in [4.69, 9.17) is 0 Å². The molecule has 2 aromatic carbocycles. The number of pyridine rings is 1. The van der Waals surface area contributed by atoms with E-state index in [1.165, 1.54) is 46.3 Å². The number of rotatable bonds is 6. The fourth-order valence-electron chi connectivity index (χ4n) is 4.67. The summed E-state index contributed by atoms with van der Waals surface area (Å²) in [6, 6.07) is 19.8. The molecular weight excluding hydrogens is 364 g/mol. The molecule has 0 saturated carbocycles. The summed E-state index contributed by atoms with van der Waals surface area (Å²) >= 11 is 0. The van der Waals surface area contributed by atoms with Crippen LogP contribution in [0.3, 0.4) is 0 Å². The SMILES string of the molecule is CCCCN1C(=CC=Cc2cc[n+](CC)c3ccccc23)C(C)(C)c2ccccc21. The van der Waals surface area contributed by atoms with Crippen molar-refractivity contribution >= 4 is 22.7 Å². The summed E-state index contributed by atoms with van der Waals surface area (Å²) in [4.78, 5) is 2.53. The average molecular weight is 398 g/mol. The minimum atomic E-state index is 0.0126. The Hall–Kier alpha value is -2.87. The molecule has 3 aromatic rings. The Labute approximate surface area is 181 Å². The average Bonchev–Trinajstić information content (AvgIpc) is 2.99. The number of benzene rings is 2. The highest BCUT2D eigenvalue weighted by atomic mass is 15.2. The summed E-state index contributed by atoms with van der Waals surface area (Å²) in [5.41, 5.74) is 6.74. The quantitative estimate of drug-likeness (QED) is 0.423. The van der Waals surface area contributed by atoms with Gasteiger partial charge < -0.3 is 4.90 Å². The molecule has 2 heterocycles. The van der Waals surface area contributed by atoms with Gasteiger partial charge in [-0.2, -0.15) is 4.57 Å². The molecule has 0 bridgehead atoms. The summed E-state index contributed by atoms with van der Waals surface area (Å²) in [7, 11) is 0. The topological polar surface area (TPSA) is 7.12 Å². The molecule has 0 spiro atoms. The number of fused-ring (bicyclic) bond motifs is 2. The van der Waals surface area contributed by atoms with E-state index in [1.807, 2.05) is 0 Å². The molecule has 0 atom stereocenters. The highest BCUT2D eigenvalue weighted by Gasteiger charge is 2.39. The lowest BCUT2D eigenvalue weighted by molar-refractivity contribution is -0.667. The number of nitrogens with zero attached hydrogens (tertiary/aromatic N) is 2. The third kappa shape index (κ3) is 3.56. The Kier molecular flexibility index (Phi) is 5.76. The second-order valence-electron chi connectivity index (χ2n) is 8.63. The molecule has 0 fully saturated rings. The van der Waals surface area contributed by atoms with Crippen molar-refractivity contribution in [1.29, 1.82) is 0 Å². The van der Waals surface area contributed by atoms with Gasteiger partial charge in [0.2, 0.25) is 5.52 Å². The molecule has 0 N–H and O–H groups in total. The zero-order valence-corrected chi connectivity index (χ0v) is 18.7. The maximum atomic E-state index is 2.53. The fraction of sp³-hybridized carbons (Fsp3) is 0.321. The second kappa shape index (κ2) is 8.47. The van der Waals surface area contributed by atoms with Gasteiger partial charge in [0.25, 0.3) is 0 Å². The molecule has 0 aliphatic carbocycles. The molecule has 154 valence electrons. The van der Waals surface area contributed by atoms with E-state index in [-0.39, 0.29) is 5.41 Å². The zero-order chi connectivity index (χ0) is 21.1. The number of hydrogen-bond donors (Lipinski definition) is 0. The molecule has 1 aliphatic rings. The van der Waals surface area contributed by atoms with Crippen LogP contribution in [0.2, 0.25) is 0 Å². The predicted molar refractivity (Wildman–Crippen MR) is 129 cm³/mol. The lowest BCUT2D eigenvalue weighted by Gasteiger charge is -2.27. The molecule has 1 aromatic heterocycles. The van der Waals surface area contributed by atoms with Gasteiger partial charge in [0.05, 0.1) is 5.39 Å². The standard InChI is InChI=1S/C28H33N2/c1-5-7-20-30-26-17-11-9-15-24(26)28(3,4)27(30)18-12-13-22-19-21-29(6-2)25-16-10-8-14-23(22)25/h8-19,21H,5-7,20H2,1-4H3/q+1. The monoisotopic (exact) mass is 397 g/mol. The van der Waals surface area contributed by atoms with Crippen LogP contribution in [-0.2, 0) is 12.0 Å². The van der Waals surface area contributed by atoms with Crippen LogP contribution in [0.1, 0.15) is 51.7 Å². The number of hydrogen-bond acceptors (Lipinski definition) is 1. The maximum absolute atomic E-state index is 2.53. The Bertz CT molecular complexity index is 1100. The first-order valence-electron chi connectivity index (χ1n) is 11.2. The predicted octanol–water partition coefficient (Wildman–Crippen LogP) is 6.64. The highest BCUT2D eigenvalue weighted by Crippen LogP contribution is 2.47. The number of aromatic nitrogens is 1. The van der Waals surface area contributed by atoms with Crippen LogP contribution >= 0.6 is 0 Å². The first-order valence-corrected chi connectivity index (χ1v) is 11.2. The third-order valence-electron chi connectivity index (χ3n) is 6.36. The van der Waals surface area contributed by atoms with Gasteiger partial charge in [0.15, 0.2) is 6.20 Å². The van der Waals surface area contributed by atoms with Gasteiger partial charge in [-0.05, 0) is 42.7 Å². The van der Waals surface area contributed by atoms with Crippen LogP contribution in [0, 0.1) is 0 Å². The van der Waals surface area contributed by atoms with Crippen LogP contribution < -0.4 is 9.47 Å². The summed E-state index contributed by atoms with van der Waals surface area (Å²) < 4.78 is 2.30. The van der Waals surface area contributed by atoms with E-state index in [0.29, 0.717) is 0 Å². The van der Waals surface area contributed by atoms with E-state index >= 15 is 0 Å².